The van der Waals surface area contributed by atoms with Crippen LogP contribution in [-0.2, 0) is 16.6 Å². The molecular formula is C32H30Cl2F2N2O4. The number of benzene rings is 3. The highest BCUT2D eigenvalue weighted by molar-refractivity contribution is 6.31. The lowest BCUT2D eigenvalue weighted by molar-refractivity contribution is -0.120. The molecule has 0 bridgehead atoms. The van der Waals surface area contributed by atoms with E-state index in [9.17, 15) is 20.0 Å². The van der Waals surface area contributed by atoms with Gasteiger partial charge >= 0.3 is 5.97 Å². The number of carbonyl (C=O) groups is 2. The van der Waals surface area contributed by atoms with Gasteiger partial charge in [-0.3, -0.25) is 4.79 Å². The highest BCUT2D eigenvalue weighted by atomic mass is 35.5. The number of nitrogens with one attached hydrogen (secondary N) is 1. The minimum atomic E-state index is -1.74. The molecule has 3 aromatic rings. The quantitative estimate of drug-likeness (QED) is 0.280. The number of nitrogens with zero attached hydrogens (tertiary/aromatic N) is 1. The first-order chi connectivity index (χ1) is 19.7. The summed E-state index contributed by atoms with van der Waals surface area (Å²) >= 11 is 12.3. The number of carboxylic acids is 1. The van der Waals surface area contributed by atoms with Crippen LogP contribution >= 0.6 is 23.2 Å². The lowest BCUT2D eigenvalue weighted by Crippen LogP contribution is -2.44. The SMILES string of the molecule is COc1cc(C(=O)O)ccc1CC(=O)C1N[C@@H](CC(C)(C)C)[C@](C#N)(c2ccc(Cl)cc2F)[C@H]1c1cccc(Cl)c1F. The van der Waals surface area contributed by atoms with E-state index in [-0.39, 0.29) is 44.3 Å². The number of halogens is 4. The summed E-state index contributed by atoms with van der Waals surface area (Å²) in [6, 6.07) is 12.8. The standard InChI is InChI=1S/C32H30Cl2F2N2O4/c1-31(2,3)15-26-32(16-37,21-11-10-19(33)14-23(21)35)27(20-6-5-7-22(34)28(20)36)29(38-26)24(39)12-17-8-9-18(30(40)41)13-25(17)42-4/h5-11,13-14,26-27,29,38H,12,15H2,1-4H3,(H,40,41)/t26-,27-,29?,32-/m0/s1. The van der Waals surface area contributed by atoms with Crippen LogP contribution in [0, 0.1) is 28.4 Å². The third-order valence-corrected chi connectivity index (χ3v) is 8.22. The number of nitriles is 1. The van der Waals surface area contributed by atoms with Gasteiger partial charge in [-0.2, -0.15) is 5.26 Å². The molecule has 1 heterocycles. The van der Waals surface area contributed by atoms with E-state index < -0.39 is 46.8 Å². The molecule has 1 aliphatic rings. The topological polar surface area (TPSA) is 99.4 Å². The van der Waals surface area contributed by atoms with Crippen LogP contribution in [-0.4, -0.2) is 36.1 Å². The number of hydrogen-bond donors (Lipinski definition) is 2. The third-order valence-electron chi connectivity index (χ3n) is 7.69. The molecule has 4 atom stereocenters. The molecule has 0 radical (unpaired) electrons. The van der Waals surface area contributed by atoms with Gasteiger partial charge in [0.05, 0.1) is 29.8 Å². The summed E-state index contributed by atoms with van der Waals surface area (Å²) in [7, 11) is 1.36. The molecule has 0 amide bonds. The Kier molecular flexibility index (Phi) is 8.98. The van der Waals surface area contributed by atoms with Gasteiger partial charge in [0.1, 0.15) is 22.8 Å². The van der Waals surface area contributed by atoms with Crippen LogP contribution in [0.25, 0.3) is 0 Å². The maximum Gasteiger partial charge on any atom is 0.335 e. The second kappa shape index (κ2) is 12.0. The molecule has 6 nitrogen and oxygen atoms in total. The molecule has 220 valence electrons. The number of ether oxygens (including phenoxy) is 1. The molecule has 0 saturated carbocycles. The molecule has 0 aliphatic carbocycles. The predicted molar refractivity (Wildman–Crippen MR) is 156 cm³/mol. The zero-order valence-corrected chi connectivity index (χ0v) is 25.0. The van der Waals surface area contributed by atoms with Gasteiger partial charge in [0.2, 0.25) is 0 Å². The number of carboxylic acid groups (broad SMARTS) is 1. The zero-order valence-electron chi connectivity index (χ0n) is 23.5. The summed E-state index contributed by atoms with van der Waals surface area (Å²) in [6.45, 7) is 5.86. The van der Waals surface area contributed by atoms with Crippen molar-refractivity contribution in [1.29, 1.82) is 5.26 Å². The monoisotopic (exact) mass is 614 g/mol. The summed E-state index contributed by atoms with van der Waals surface area (Å²) in [5.74, 6) is -4.15. The summed E-state index contributed by atoms with van der Waals surface area (Å²) in [5.41, 5.74) is -1.76. The fraction of sp³-hybridized carbons (Fsp3) is 0.344. The molecule has 1 saturated heterocycles. The van der Waals surface area contributed by atoms with Crippen LogP contribution in [0.5, 0.6) is 5.75 Å². The minimum absolute atomic E-state index is 0.00570. The van der Waals surface area contributed by atoms with Crippen molar-refractivity contribution in [2.75, 3.05) is 7.11 Å². The first-order valence-electron chi connectivity index (χ1n) is 13.2. The van der Waals surface area contributed by atoms with E-state index in [1.807, 2.05) is 20.8 Å². The van der Waals surface area contributed by atoms with E-state index in [4.69, 9.17) is 27.9 Å². The molecule has 2 N–H and O–H groups in total. The van der Waals surface area contributed by atoms with Gasteiger partial charge in [0.25, 0.3) is 0 Å². The van der Waals surface area contributed by atoms with Crippen LogP contribution < -0.4 is 10.1 Å². The molecule has 10 heteroatoms. The number of methoxy groups -OCH3 is 1. The minimum Gasteiger partial charge on any atom is -0.496 e. The van der Waals surface area contributed by atoms with Crippen LogP contribution in [0.3, 0.4) is 0 Å². The first kappa shape index (κ1) is 31.4. The Morgan fingerprint density at radius 3 is 2.43 bits per heavy atom. The van der Waals surface area contributed by atoms with E-state index in [1.54, 1.807) is 0 Å². The molecule has 1 aliphatic heterocycles. The summed E-state index contributed by atoms with van der Waals surface area (Å²) in [4.78, 5) is 25.6. The lowest BCUT2D eigenvalue weighted by atomic mass is 9.62. The van der Waals surface area contributed by atoms with Crippen molar-refractivity contribution < 1.29 is 28.2 Å². The smallest absolute Gasteiger partial charge is 0.335 e. The van der Waals surface area contributed by atoms with Crippen molar-refractivity contribution in [3.63, 3.8) is 0 Å². The number of Topliss-reactive ketones (excluding diaryl/α,β-unsaturated/α-hetero) is 1. The van der Waals surface area contributed by atoms with Gasteiger partial charge in [-0.25, -0.2) is 13.6 Å². The van der Waals surface area contributed by atoms with E-state index in [0.717, 1.165) is 6.07 Å². The van der Waals surface area contributed by atoms with Gasteiger partial charge in [0.15, 0.2) is 5.78 Å². The average Bonchev–Trinajstić information content (AvgIpc) is 3.23. The number of ketones is 1. The molecular weight excluding hydrogens is 585 g/mol. The third kappa shape index (κ3) is 5.87. The van der Waals surface area contributed by atoms with E-state index in [2.05, 4.69) is 11.4 Å². The van der Waals surface area contributed by atoms with Crippen molar-refractivity contribution in [3.05, 3.63) is 98.5 Å². The van der Waals surface area contributed by atoms with E-state index >= 15 is 8.78 Å². The zero-order chi connectivity index (χ0) is 31.0. The second-order valence-electron chi connectivity index (χ2n) is 11.7. The van der Waals surface area contributed by atoms with Crippen molar-refractivity contribution in [1.82, 2.24) is 5.32 Å². The Balaban J connectivity index is 1.95. The Labute approximate surface area is 253 Å². The van der Waals surface area contributed by atoms with Crippen molar-refractivity contribution in [2.24, 2.45) is 5.41 Å². The second-order valence-corrected chi connectivity index (χ2v) is 12.5. The first-order valence-corrected chi connectivity index (χ1v) is 14.0. The summed E-state index contributed by atoms with van der Waals surface area (Å²) < 4.78 is 36.9. The summed E-state index contributed by atoms with van der Waals surface area (Å²) in [6.07, 6.45) is 0.105. The molecule has 42 heavy (non-hydrogen) atoms. The fourth-order valence-corrected chi connectivity index (χ4v) is 6.27. The predicted octanol–water partition coefficient (Wildman–Crippen LogP) is 7.11. The van der Waals surface area contributed by atoms with Crippen molar-refractivity contribution in [3.8, 4) is 11.8 Å². The molecule has 3 aromatic carbocycles. The number of rotatable bonds is 8. The van der Waals surface area contributed by atoms with Crippen LogP contribution in [0.15, 0.2) is 54.6 Å². The summed E-state index contributed by atoms with van der Waals surface area (Å²) in [5, 5.41) is 23.5. The van der Waals surface area contributed by atoms with E-state index in [0.29, 0.717) is 12.0 Å². The fourth-order valence-electron chi connectivity index (χ4n) is 5.93. The van der Waals surface area contributed by atoms with E-state index in [1.165, 1.54) is 55.6 Å². The maximum absolute atomic E-state index is 15.8. The largest absolute Gasteiger partial charge is 0.496 e. The van der Waals surface area contributed by atoms with Crippen LogP contribution in [0.2, 0.25) is 10.0 Å². The molecule has 1 fully saturated rings. The normalized spacial score (nSPS) is 22.0. The molecule has 4 rings (SSSR count). The Morgan fingerprint density at radius 1 is 1.12 bits per heavy atom. The van der Waals surface area contributed by atoms with Gasteiger partial charge in [-0.15, -0.1) is 0 Å². The van der Waals surface area contributed by atoms with Gasteiger partial charge in [-0.1, -0.05) is 68.2 Å². The number of hydrogen-bond acceptors (Lipinski definition) is 5. The van der Waals surface area contributed by atoms with Gasteiger partial charge < -0.3 is 15.2 Å². The average molecular weight is 616 g/mol. The number of aromatic carboxylic acids is 1. The Morgan fingerprint density at radius 2 is 1.83 bits per heavy atom. The molecule has 0 aromatic heterocycles. The van der Waals surface area contributed by atoms with Gasteiger partial charge in [0, 0.05) is 34.5 Å². The van der Waals surface area contributed by atoms with Gasteiger partial charge in [-0.05, 0) is 47.7 Å². The Hall–Kier alpha value is -3.51. The highest BCUT2D eigenvalue weighted by Gasteiger charge is 2.60. The number of carbonyl (C=O) groups excluding carboxylic acids is 1. The van der Waals surface area contributed by atoms with Crippen LogP contribution in [0.1, 0.15) is 60.2 Å². The maximum atomic E-state index is 15.8. The molecule has 1 unspecified atom stereocenters. The van der Waals surface area contributed by atoms with Crippen molar-refractivity contribution >= 4 is 35.0 Å². The highest BCUT2D eigenvalue weighted by Crippen LogP contribution is 2.53. The lowest BCUT2D eigenvalue weighted by Gasteiger charge is -2.37. The van der Waals surface area contributed by atoms with Crippen LogP contribution in [0.4, 0.5) is 8.78 Å². The Bertz CT molecular complexity index is 1580. The molecule has 0 spiro atoms. The van der Waals surface area contributed by atoms with Crippen molar-refractivity contribution in [2.45, 2.75) is 57.0 Å².